The first-order chi connectivity index (χ1) is 8.72. The molecular weight excluding hydrogens is 220 g/mol. The summed E-state index contributed by atoms with van der Waals surface area (Å²) in [7, 11) is 0. The van der Waals surface area contributed by atoms with Crippen LogP contribution < -0.4 is 5.73 Å². The van der Waals surface area contributed by atoms with Gasteiger partial charge in [0.2, 0.25) is 0 Å². The number of hydrogen-bond donors (Lipinski definition) is 1. The number of nitrogens with two attached hydrogens (primary N) is 1. The maximum atomic E-state index is 6.31. The van der Waals surface area contributed by atoms with E-state index < -0.39 is 0 Å². The molecule has 0 amide bonds. The smallest absolute Gasteiger partial charge is 0.00825 e. The fourth-order valence-electron chi connectivity index (χ4n) is 4.85. The SMILES string of the molecule is CC1CCCC(CN2CC3CCCC(N)C3C2)C1. The first kappa shape index (κ1) is 12.9. The van der Waals surface area contributed by atoms with Gasteiger partial charge in [0.25, 0.3) is 0 Å². The molecule has 3 fully saturated rings. The molecule has 3 rings (SSSR count). The Morgan fingerprint density at radius 2 is 1.89 bits per heavy atom. The van der Waals surface area contributed by atoms with Gasteiger partial charge in [0.05, 0.1) is 0 Å². The minimum Gasteiger partial charge on any atom is -0.327 e. The molecule has 1 heterocycles. The molecule has 2 N–H and O–H groups in total. The van der Waals surface area contributed by atoms with Gasteiger partial charge in [0.15, 0.2) is 0 Å². The predicted octanol–water partition coefficient (Wildman–Crippen LogP) is 2.87. The van der Waals surface area contributed by atoms with Crippen LogP contribution in [0.25, 0.3) is 0 Å². The summed E-state index contributed by atoms with van der Waals surface area (Å²) in [6.07, 6.45) is 9.96. The second kappa shape index (κ2) is 5.50. The monoisotopic (exact) mass is 250 g/mol. The summed E-state index contributed by atoms with van der Waals surface area (Å²) in [4.78, 5) is 2.75. The van der Waals surface area contributed by atoms with Gasteiger partial charge in [-0.1, -0.05) is 26.2 Å². The van der Waals surface area contributed by atoms with Crippen LogP contribution in [0.4, 0.5) is 0 Å². The quantitative estimate of drug-likeness (QED) is 0.816. The number of fused-ring (bicyclic) bond motifs is 1. The highest BCUT2D eigenvalue weighted by Crippen LogP contribution is 2.37. The molecule has 0 aromatic heterocycles. The summed E-state index contributed by atoms with van der Waals surface area (Å²) < 4.78 is 0. The minimum absolute atomic E-state index is 0.499. The van der Waals surface area contributed by atoms with Gasteiger partial charge in [-0.2, -0.15) is 0 Å². The average Bonchev–Trinajstić information content (AvgIpc) is 2.73. The topological polar surface area (TPSA) is 29.3 Å². The van der Waals surface area contributed by atoms with Crippen LogP contribution in [-0.2, 0) is 0 Å². The average molecular weight is 250 g/mol. The summed E-state index contributed by atoms with van der Waals surface area (Å²) in [5, 5.41) is 0. The Morgan fingerprint density at radius 1 is 1.06 bits per heavy atom. The molecule has 1 aliphatic heterocycles. The van der Waals surface area contributed by atoms with E-state index in [-0.39, 0.29) is 0 Å². The van der Waals surface area contributed by atoms with E-state index in [0.29, 0.717) is 6.04 Å². The summed E-state index contributed by atoms with van der Waals surface area (Å²) in [6, 6.07) is 0.499. The Kier molecular flexibility index (Phi) is 3.95. The zero-order chi connectivity index (χ0) is 12.5. The number of nitrogens with zero attached hydrogens (tertiary/aromatic N) is 1. The third-order valence-corrected chi connectivity index (χ3v) is 5.79. The van der Waals surface area contributed by atoms with Crippen LogP contribution >= 0.6 is 0 Å². The predicted molar refractivity (Wildman–Crippen MR) is 76.4 cm³/mol. The second-order valence-electron chi connectivity index (χ2n) is 7.38. The molecule has 2 nitrogen and oxygen atoms in total. The summed E-state index contributed by atoms with van der Waals surface area (Å²) in [6.45, 7) is 6.45. The molecule has 0 bridgehead atoms. The van der Waals surface area contributed by atoms with Gasteiger partial charge in [0.1, 0.15) is 0 Å². The lowest BCUT2D eigenvalue weighted by Crippen LogP contribution is -2.38. The first-order valence-electron chi connectivity index (χ1n) is 8.20. The number of rotatable bonds is 2. The molecule has 5 atom stereocenters. The summed E-state index contributed by atoms with van der Waals surface area (Å²) >= 11 is 0. The second-order valence-corrected chi connectivity index (χ2v) is 7.38. The van der Waals surface area contributed by atoms with Gasteiger partial charge in [-0.3, -0.25) is 0 Å². The van der Waals surface area contributed by atoms with Crippen molar-refractivity contribution in [1.29, 1.82) is 0 Å². The van der Waals surface area contributed by atoms with Crippen LogP contribution in [0, 0.1) is 23.7 Å². The Bertz CT molecular complexity index is 278. The zero-order valence-corrected chi connectivity index (χ0v) is 12.0. The molecule has 0 aromatic carbocycles. The minimum atomic E-state index is 0.499. The molecule has 2 heteroatoms. The van der Waals surface area contributed by atoms with Crippen molar-refractivity contribution in [2.24, 2.45) is 29.4 Å². The van der Waals surface area contributed by atoms with Crippen molar-refractivity contribution in [2.45, 2.75) is 57.9 Å². The van der Waals surface area contributed by atoms with E-state index in [2.05, 4.69) is 11.8 Å². The molecule has 18 heavy (non-hydrogen) atoms. The largest absolute Gasteiger partial charge is 0.327 e. The van der Waals surface area contributed by atoms with E-state index in [1.807, 2.05) is 0 Å². The number of likely N-dealkylation sites (tertiary alicyclic amines) is 1. The maximum absolute atomic E-state index is 6.31. The van der Waals surface area contributed by atoms with E-state index in [0.717, 1.165) is 23.7 Å². The Labute approximate surface area is 112 Å². The highest BCUT2D eigenvalue weighted by atomic mass is 15.2. The summed E-state index contributed by atoms with van der Waals surface area (Å²) in [5.74, 6) is 3.69. The standard InChI is InChI=1S/C16H30N2/c1-12-4-2-5-13(8-12)9-18-10-14-6-3-7-16(17)15(14)11-18/h12-16H,2-11,17H2,1H3. The van der Waals surface area contributed by atoms with Crippen molar-refractivity contribution in [3.63, 3.8) is 0 Å². The van der Waals surface area contributed by atoms with Crippen LogP contribution in [0.5, 0.6) is 0 Å². The lowest BCUT2D eigenvalue weighted by molar-refractivity contribution is 0.197. The molecule has 2 aliphatic carbocycles. The summed E-state index contributed by atoms with van der Waals surface area (Å²) in [5.41, 5.74) is 6.31. The van der Waals surface area contributed by atoms with E-state index >= 15 is 0 Å². The molecule has 5 unspecified atom stereocenters. The first-order valence-corrected chi connectivity index (χ1v) is 8.20. The fourth-order valence-corrected chi connectivity index (χ4v) is 4.85. The maximum Gasteiger partial charge on any atom is 0.00825 e. The van der Waals surface area contributed by atoms with Crippen LogP contribution in [0.3, 0.4) is 0 Å². The van der Waals surface area contributed by atoms with Gasteiger partial charge >= 0.3 is 0 Å². The third kappa shape index (κ3) is 2.75. The van der Waals surface area contributed by atoms with E-state index in [9.17, 15) is 0 Å². The molecular formula is C16H30N2. The van der Waals surface area contributed by atoms with Crippen molar-refractivity contribution < 1.29 is 0 Å². The molecule has 0 radical (unpaired) electrons. The number of hydrogen-bond acceptors (Lipinski definition) is 2. The van der Waals surface area contributed by atoms with Crippen molar-refractivity contribution in [3.05, 3.63) is 0 Å². The van der Waals surface area contributed by atoms with Gasteiger partial charge in [-0.25, -0.2) is 0 Å². The Morgan fingerprint density at radius 3 is 2.67 bits per heavy atom. The van der Waals surface area contributed by atoms with Gasteiger partial charge in [-0.15, -0.1) is 0 Å². The third-order valence-electron chi connectivity index (χ3n) is 5.79. The molecule has 0 aromatic rings. The van der Waals surface area contributed by atoms with Crippen molar-refractivity contribution >= 4 is 0 Å². The Hall–Kier alpha value is -0.0800. The van der Waals surface area contributed by atoms with E-state index in [1.165, 1.54) is 64.6 Å². The van der Waals surface area contributed by atoms with Crippen molar-refractivity contribution in [2.75, 3.05) is 19.6 Å². The van der Waals surface area contributed by atoms with Crippen LogP contribution in [0.2, 0.25) is 0 Å². The normalized spacial score (nSPS) is 46.0. The van der Waals surface area contributed by atoms with Gasteiger partial charge < -0.3 is 10.6 Å². The van der Waals surface area contributed by atoms with Crippen molar-refractivity contribution in [1.82, 2.24) is 4.90 Å². The van der Waals surface area contributed by atoms with Gasteiger partial charge in [0, 0.05) is 25.7 Å². The highest BCUT2D eigenvalue weighted by Gasteiger charge is 2.39. The van der Waals surface area contributed by atoms with E-state index in [4.69, 9.17) is 5.73 Å². The molecule has 3 aliphatic rings. The highest BCUT2D eigenvalue weighted by molar-refractivity contribution is 4.93. The lowest BCUT2D eigenvalue weighted by Gasteiger charge is -2.30. The zero-order valence-electron chi connectivity index (χ0n) is 12.0. The van der Waals surface area contributed by atoms with Crippen molar-refractivity contribution in [3.8, 4) is 0 Å². The van der Waals surface area contributed by atoms with Crippen LogP contribution in [-0.4, -0.2) is 30.6 Å². The molecule has 1 saturated heterocycles. The molecule has 104 valence electrons. The van der Waals surface area contributed by atoms with Crippen LogP contribution in [0.15, 0.2) is 0 Å². The molecule has 0 spiro atoms. The lowest BCUT2D eigenvalue weighted by atomic mass is 9.78. The van der Waals surface area contributed by atoms with Gasteiger partial charge in [-0.05, 0) is 49.4 Å². The van der Waals surface area contributed by atoms with Crippen LogP contribution in [0.1, 0.15) is 51.9 Å². The molecule has 2 saturated carbocycles. The Balaban J connectivity index is 1.52. The fraction of sp³-hybridized carbons (Fsp3) is 1.00. The van der Waals surface area contributed by atoms with E-state index in [1.54, 1.807) is 0 Å².